The first-order valence-corrected chi connectivity index (χ1v) is 6.29. The Balaban J connectivity index is 2.29. The number of aromatic amines is 1. The van der Waals surface area contributed by atoms with Crippen molar-refractivity contribution in [3.8, 4) is 0 Å². The van der Waals surface area contributed by atoms with E-state index in [9.17, 15) is 4.79 Å². The molecule has 1 amide bonds. The van der Waals surface area contributed by atoms with Crippen LogP contribution < -0.4 is 4.90 Å². The van der Waals surface area contributed by atoms with E-state index in [0.717, 1.165) is 17.6 Å². The van der Waals surface area contributed by atoms with Gasteiger partial charge in [0.25, 0.3) is 0 Å². The van der Waals surface area contributed by atoms with E-state index in [-0.39, 0.29) is 5.91 Å². The van der Waals surface area contributed by atoms with Gasteiger partial charge >= 0.3 is 0 Å². The third-order valence-electron chi connectivity index (χ3n) is 2.51. The first-order valence-electron chi connectivity index (χ1n) is 4.76. The van der Waals surface area contributed by atoms with Crippen LogP contribution in [0.5, 0.6) is 0 Å². The number of carbonyl (C=O) groups is 1. The van der Waals surface area contributed by atoms with E-state index in [2.05, 4.69) is 20.9 Å². The number of hydrogen-bond donors (Lipinski definition) is 1. The molecule has 1 aromatic rings. The lowest BCUT2D eigenvalue weighted by atomic mass is 10.2. The minimum absolute atomic E-state index is 0.158. The van der Waals surface area contributed by atoms with Crippen LogP contribution >= 0.6 is 28.1 Å². The second-order valence-electron chi connectivity index (χ2n) is 3.61. The van der Waals surface area contributed by atoms with Gasteiger partial charge in [0.2, 0.25) is 5.91 Å². The average molecular weight is 287 g/mol. The molecule has 2 rings (SSSR count). The first-order chi connectivity index (χ1) is 7.22. The molecule has 0 spiro atoms. The normalized spacial score (nSPS) is 21.0. The van der Waals surface area contributed by atoms with Crippen LogP contribution in [0.2, 0.25) is 0 Å². The van der Waals surface area contributed by atoms with Crippen LogP contribution in [-0.4, -0.2) is 22.8 Å². The monoisotopic (exact) mass is 286 g/mol. The molecule has 0 saturated carbocycles. The molecule has 1 fully saturated rings. The minimum Gasteiger partial charge on any atom is -0.351 e. The molecule has 1 N–H and O–H groups in total. The van der Waals surface area contributed by atoms with Crippen molar-refractivity contribution in [2.75, 3.05) is 16.8 Å². The highest BCUT2D eigenvalue weighted by molar-refractivity contribution is 9.09. The van der Waals surface area contributed by atoms with Crippen LogP contribution in [0, 0.1) is 10.6 Å². The maximum atomic E-state index is 11.7. The summed E-state index contributed by atoms with van der Waals surface area (Å²) >= 11 is 8.56. The van der Waals surface area contributed by atoms with Gasteiger partial charge < -0.3 is 9.88 Å². The number of alkyl halides is 1. The minimum atomic E-state index is 0.158. The standard InChI is InChI=1S/C10H11BrN2OS/c11-5-7-4-9(14)13(6-7)8-2-1-3-12-10(8)15/h1-3,7H,4-6H2,(H,12,15). The molecule has 1 aromatic heterocycles. The van der Waals surface area contributed by atoms with Crippen LogP contribution in [-0.2, 0) is 4.79 Å². The lowest BCUT2D eigenvalue weighted by Crippen LogP contribution is -2.25. The zero-order valence-corrected chi connectivity index (χ0v) is 10.5. The molecular weight excluding hydrogens is 276 g/mol. The number of halogens is 1. The molecule has 1 unspecified atom stereocenters. The third-order valence-corrected chi connectivity index (χ3v) is 3.75. The summed E-state index contributed by atoms with van der Waals surface area (Å²) in [6.45, 7) is 0.756. The molecule has 0 aliphatic carbocycles. The van der Waals surface area contributed by atoms with Gasteiger partial charge in [0, 0.05) is 24.5 Å². The number of pyridine rings is 1. The predicted molar refractivity (Wildman–Crippen MR) is 65.9 cm³/mol. The summed E-state index contributed by atoms with van der Waals surface area (Å²) in [5.41, 5.74) is 0.820. The second-order valence-corrected chi connectivity index (χ2v) is 4.67. The number of H-pyrrole nitrogens is 1. The zero-order chi connectivity index (χ0) is 10.8. The molecule has 3 nitrogen and oxygen atoms in total. The summed E-state index contributed by atoms with van der Waals surface area (Å²) in [4.78, 5) is 16.4. The average Bonchev–Trinajstić information content (AvgIpc) is 2.60. The molecular formula is C10H11BrN2OS. The highest BCUT2D eigenvalue weighted by atomic mass is 79.9. The van der Waals surface area contributed by atoms with Crippen molar-refractivity contribution >= 4 is 39.7 Å². The summed E-state index contributed by atoms with van der Waals surface area (Å²) in [7, 11) is 0. The molecule has 1 aliphatic rings. The molecule has 2 heterocycles. The highest BCUT2D eigenvalue weighted by Gasteiger charge is 2.30. The van der Waals surface area contributed by atoms with Gasteiger partial charge in [0.15, 0.2) is 0 Å². The topological polar surface area (TPSA) is 36.1 Å². The number of nitrogens with zero attached hydrogens (tertiary/aromatic N) is 1. The van der Waals surface area contributed by atoms with Gasteiger partial charge in [-0.2, -0.15) is 0 Å². The van der Waals surface area contributed by atoms with Crippen molar-refractivity contribution in [1.82, 2.24) is 4.98 Å². The van der Waals surface area contributed by atoms with Gasteiger partial charge in [-0.25, -0.2) is 0 Å². The fourth-order valence-electron chi connectivity index (χ4n) is 1.74. The van der Waals surface area contributed by atoms with Gasteiger partial charge in [-0.1, -0.05) is 28.1 Å². The van der Waals surface area contributed by atoms with Crippen molar-refractivity contribution in [3.05, 3.63) is 23.0 Å². The smallest absolute Gasteiger partial charge is 0.227 e. The Morgan fingerprint density at radius 1 is 1.67 bits per heavy atom. The number of rotatable bonds is 2. The summed E-state index contributed by atoms with van der Waals surface area (Å²) in [6.07, 6.45) is 2.38. The van der Waals surface area contributed by atoms with Crippen LogP contribution in [0.4, 0.5) is 5.69 Å². The maximum absolute atomic E-state index is 11.7. The fourth-order valence-corrected chi connectivity index (χ4v) is 2.42. The second kappa shape index (κ2) is 4.45. The third kappa shape index (κ3) is 2.13. The SMILES string of the molecule is O=C1CC(CBr)CN1c1ccc[nH]c1=S. The molecule has 0 aromatic carbocycles. The van der Waals surface area contributed by atoms with Crippen LogP contribution in [0.3, 0.4) is 0 Å². The van der Waals surface area contributed by atoms with E-state index in [0.29, 0.717) is 17.0 Å². The molecule has 0 bridgehead atoms. The number of nitrogens with one attached hydrogen (secondary N) is 1. The molecule has 80 valence electrons. The summed E-state index contributed by atoms with van der Waals surface area (Å²) in [5, 5.41) is 0.860. The van der Waals surface area contributed by atoms with Crippen molar-refractivity contribution < 1.29 is 4.79 Å². The Hall–Kier alpha value is -0.680. The molecule has 0 radical (unpaired) electrons. The Labute approximate surface area is 102 Å². The van der Waals surface area contributed by atoms with E-state index in [1.54, 1.807) is 11.1 Å². The molecule has 5 heteroatoms. The first kappa shape index (κ1) is 10.8. The largest absolute Gasteiger partial charge is 0.351 e. The van der Waals surface area contributed by atoms with Gasteiger partial charge in [-0.05, 0) is 18.1 Å². The summed E-state index contributed by atoms with van der Waals surface area (Å²) in [5.74, 6) is 0.553. The summed E-state index contributed by atoms with van der Waals surface area (Å²) < 4.78 is 0.626. The zero-order valence-electron chi connectivity index (χ0n) is 8.07. The van der Waals surface area contributed by atoms with E-state index < -0.39 is 0 Å². The van der Waals surface area contributed by atoms with Crippen molar-refractivity contribution in [2.45, 2.75) is 6.42 Å². The van der Waals surface area contributed by atoms with Gasteiger partial charge in [-0.15, -0.1) is 0 Å². The predicted octanol–water partition coefficient (Wildman–Crippen LogP) is 2.49. The van der Waals surface area contributed by atoms with Crippen molar-refractivity contribution in [3.63, 3.8) is 0 Å². The Bertz CT molecular complexity index is 431. The van der Waals surface area contributed by atoms with E-state index in [1.165, 1.54) is 0 Å². The molecule has 1 aliphatic heterocycles. The maximum Gasteiger partial charge on any atom is 0.227 e. The lowest BCUT2D eigenvalue weighted by molar-refractivity contribution is -0.117. The van der Waals surface area contributed by atoms with Gasteiger partial charge in [0.1, 0.15) is 4.64 Å². The van der Waals surface area contributed by atoms with Crippen LogP contribution in [0.1, 0.15) is 6.42 Å². The molecule has 1 atom stereocenters. The quantitative estimate of drug-likeness (QED) is 0.670. The molecule has 1 saturated heterocycles. The van der Waals surface area contributed by atoms with Gasteiger partial charge in [-0.3, -0.25) is 4.79 Å². The number of hydrogen-bond acceptors (Lipinski definition) is 2. The van der Waals surface area contributed by atoms with Crippen LogP contribution in [0.15, 0.2) is 18.3 Å². The highest BCUT2D eigenvalue weighted by Crippen LogP contribution is 2.26. The number of aromatic nitrogens is 1. The Kier molecular flexibility index (Phi) is 3.21. The fraction of sp³-hybridized carbons (Fsp3) is 0.400. The number of carbonyl (C=O) groups excluding carboxylic acids is 1. The van der Waals surface area contributed by atoms with Gasteiger partial charge in [0.05, 0.1) is 5.69 Å². The van der Waals surface area contributed by atoms with Crippen molar-refractivity contribution in [2.24, 2.45) is 5.92 Å². The van der Waals surface area contributed by atoms with Crippen LogP contribution in [0.25, 0.3) is 0 Å². The number of anilines is 1. The van der Waals surface area contributed by atoms with Crippen molar-refractivity contribution in [1.29, 1.82) is 0 Å². The Morgan fingerprint density at radius 2 is 2.47 bits per heavy atom. The van der Waals surface area contributed by atoms with E-state index >= 15 is 0 Å². The molecule has 15 heavy (non-hydrogen) atoms. The summed E-state index contributed by atoms with van der Waals surface area (Å²) in [6, 6.07) is 3.74. The van der Waals surface area contributed by atoms with E-state index in [4.69, 9.17) is 12.2 Å². The lowest BCUT2D eigenvalue weighted by Gasteiger charge is -2.15. The number of amides is 1. The Morgan fingerprint density at radius 3 is 3.07 bits per heavy atom. The van der Waals surface area contributed by atoms with E-state index in [1.807, 2.05) is 12.1 Å².